The van der Waals surface area contributed by atoms with E-state index in [4.69, 9.17) is 0 Å². The maximum atomic E-state index is 12.6. The average Bonchev–Trinajstić information content (AvgIpc) is 2.49. The Morgan fingerprint density at radius 3 is 2.86 bits per heavy atom. The molecule has 6 nitrogen and oxygen atoms in total. The van der Waals surface area contributed by atoms with Gasteiger partial charge in [0.2, 0.25) is 5.91 Å². The van der Waals surface area contributed by atoms with Crippen molar-refractivity contribution in [1.82, 2.24) is 5.32 Å². The van der Waals surface area contributed by atoms with Gasteiger partial charge in [-0.15, -0.1) is 0 Å². The Hall–Kier alpha value is -1.95. The SMILES string of the molecule is CCC1(C(=O)Nc2ccc(C)cc2[N+](=O)[O-])CCCNC1. The predicted octanol–water partition coefficient (Wildman–Crippen LogP) is 2.62. The van der Waals surface area contributed by atoms with Crippen LogP contribution in [0.2, 0.25) is 0 Å². The van der Waals surface area contributed by atoms with E-state index in [9.17, 15) is 14.9 Å². The lowest BCUT2D eigenvalue weighted by molar-refractivity contribution is -0.384. The van der Waals surface area contributed by atoms with Crippen LogP contribution in [0.1, 0.15) is 31.7 Å². The number of rotatable bonds is 4. The molecule has 0 bridgehead atoms. The molecule has 0 saturated carbocycles. The number of aryl methyl sites for hydroxylation is 1. The van der Waals surface area contributed by atoms with Gasteiger partial charge in [0.1, 0.15) is 5.69 Å². The summed E-state index contributed by atoms with van der Waals surface area (Å²) in [4.78, 5) is 23.3. The van der Waals surface area contributed by atoms with E-state index in [0.29, 0.717) is 13.0 Å². The van der Waals surface area contributed by atoms with E-state index in [1.54, 1.807) is 19.1 Å². The van der Waals surface area contributed by atoms with Crippen molar-refractivity contribution >= 4 is 17.3 Å². The van der Waals surface area contributed by atoms with E-state index in [1.165, 1.54) is 6.07 Å². The second-order valence-electron chi connectivity index (χ2n) is 5.65. The average molecular weight is 291 g/mol. The van der Waals surface area contributed by atoms with Crippen molar-refractivity contribution in [2.75, 3.05) is 18.4 Å². The maximum Gasteiger partial charge on any atom is 0.293 e. The molecule has 0 aliphatic carbocycles. The number of nitro groups is 1. The molecular formula is C15H21N3O3. The van der Waals surface area contributed by atoms with E-state index in [0.717, 1.165) is 24.9 Å². The molecule has 1 aromatic rings. The quantitative estimate of drug-likeness (QED) is 0.659. The van der Waals surface area contributed by atoms with Crippen molar-refractivity contribution in [3.8, 4) is 0 Å². The molecular weight excluding hydrogens is 270 g/mol. The predicted molar refractivity (Wildman–Crippen MR) is 81.3 cm³/mol. The van der Waals surface area contributed by atoms with Crippen molar-refractivity contribution < 1.29 is 9.72 Å². The zero-order valence-electron chi connectivity index (χ0n) is 12.4. The number of piperidine rings is 1. The van der Waals surface area contributed by atoms with Crippen molar-refractivity contribution in [3.63, 3.8) is 0 Å². The Labute approximate surface area is 124 Å². The van der Waals surface area contributed by atoms with E-state index in [-0.39, 0.29) is 17.3 Å². The number of amides is 1. The Morgan fingerprint density at radius 1 is 1.52 bits per heavy atom. The summed E-state index contributed by atoms with van der Waals surface area (Å²) in [6.45, 7) is 5.31. The monoisotopic (exact) mass is 291 g/mol. The lowest BCUT2D eigenvalue weighted by Gasteiger charge is -2.35. The highest BCUT2D eigenvalue weighted by atomic mass is 16.6. The van der Waals surface area contributed by atoms with E-state index >= 15 is 0 Å². The molecule has 0 aromatic heterocycles. The minimum absolute atomic E-state index is 0.0571. The van der Waals surface area contributed by atoms with Crippen molar-refractivity contribution in [2.45, 2.75) is 33.1 Å². The van der Waals surface area contributed by atoms with Crippen LogP contribution in [0.4, 0.5) is 11.4 Å². The van der Waals surface area contributed by atoms with E-state index in [1.807, 2.05) is 6.92 Å². The zero-order chi connectivity index (χ0) is 15.5. The van der Waals surface area contributed by atoms with Crippen LogP contribution in [0.3, 0.4) is 0 Å². The van der Waals surface area contributed by atoms with Gasteiger partial charge in [-0.1, -0.05) is 13.0 Å². The van der Waals surface area contributed by atoms with E-state index < -0.39 is 10.3 Å². The number of carbonyl (C=O) groups excluding carboxylic acids is 1. The first-order valence-corrected chi connectivity index (χ1v) is 7.26. The Balaban J connectivity index is 2.24. The third-order valence-corrected chi connectivity index (χ3v) is 4.23. The molecule has 1 fully saturated rings. The van der Waals surface area contributed by atoms with Crippen LogP contribution in [0.5, 0.6) is 0 Å². The van der Waals surface area contributed by atoms with Gasteiger partial charge in [-0.05, 0) is 44.4 Å². The number of nitro benzene ring substituents is 1. The first-order chi connectivity index (χ1) is 9.98. The van der Waals surface area contributed by atoms with Gasteiger partial charge in [0.15, 0.2) is 0 Å². The minimum atomic E-state index is -0.475. The second kappa shape index (κ2) is 6.22. The molecule has 2 rings (SSSR count). The van der Waals surface area contributed by atoms with Crippen molar-refractivity contribution in [2.24, 2.45) is 5.41 Å². The fraction of sp³-hybridized carbons (Fsp3) is 0.533. The van der Waals surface area contributed by atoms with Gasteiger partial charge in [0.25, 0.3) is 5.69 Å². The van der Waals surface area contributed by atoms with Crippen LogP contribution in [-0.4, -0.2) is 23.9 Å². The summed E-state index contributed by atoms with van der Waals surface area (Å²) in [5.74, 6) is -0.135. The van der Waals surface area contributed by atoms with Gasteiger partial charge in [-0.2, -0.15) is 0 Å². The fourth-order valence-electron chi connectivity index (χ4n) is 2.78. The number of anilines is 1. The van der Waals surface area contributed by atoms with Crippen LogP contribution in [0.15, 0.2) is 18.2 Å². The molecule has 6 heteroatoms. The number of hydrogen-bond donors (Lipinski definition) is 2. The Bertz CT molecular complexity index is 551. The molecule has 1 aliphatic heterocycles. The number of hydrogen-bond acceptors (Lipinski definition) is 4. The molecule has 1 aromatic carbocycles. The summed E-state index contributed by atoms with van der Waals surface area (Å²) in [6, 6.07) is 4.85. The second-order valence-corrected chi connectivity index (χ2v) is 5.65. The standard InChI is InChI=1S/C15H21N3O3/c1-3-15(7-4-8-16-10-15)14(19)17-12-6-5-11(2)9-13(12)18(20)21/h5-6,9,16H,3-4,7-8,10H2,1-2H3,(H,17,19). The van der Waals surface area contributed by atoms with Gasteiger partial charge >= 0.3 is 0 Å². The van der Waals surface area contributed by atoms with E-state index in [2.05, 4.69) is 10.6 Å². The van der Waals surface area contributed by atoms with Gasteiger partial charge < -0.3 is 10.6 Å². The van der Waals surface area contributed by atoms with Crippen LogP contribution in [0.25, 0.3) is 0 Å². The lowest BCUT2D eigenvalue weighted by Crippen LogP contribution is -2.47. The molecule has 0 radical (unpaired) electrons. The van der Waals surface area contributed by atoms with Crippen LogP contribution in [-0.2, 0) is 4.79 Å². The van der Waals surface area contributed by atoms with Gasteiger partial charge in [-0.3, -0.25) is 14.9 Å². The number of nitrogens with one attached hydrogen (secondary N) is 2. The van der Waals surface area contributed by atoms with Crippen LogP contribution < -0.4 is 10.6 Å². The first kappa shape index (κ1) is 15.4. The fourth-order valence-corrected chi connectivity index (χ4v) is 2.78. The van der Waals surface area contributed by atoms with Crippen molar-refractivity contribution in [3.05, 3.63) is 33.9 Å². The smallest absolute Gasteiger partial charge is 0.293 e. The highest BCUT2D eigenvalue weighted by Gasteiger charge is 2.38. The normalized spacial score (nSPS) is 21.8. The highest BCUT2D eigenvalue weighted by molar-refractivity contribution is 5.97. The summed E-state index contributed by atoms with van der Waals surface area (Å²) in [5.41, 5.74) is 0.536. The van der Waals surface area contributed by atoms with Gasteiger partial charge in [-0.25, -0.2) is 0 Å². The third kappa shape index (κ3) is 3.21. The first-order valence-electron chi connectivity index (χ1n) is 7.26. The molecule has 1 aliphatic rings. The van der Waals surface area contributed by atoms with Crippen molar-refractivity contribution in [1.29, 1.82) is 0 Å². The molecule has 0 spiro atoms. The summed E-state index contributed by atoms with van der Waals surface area (Å²) >= 11 is 0. The summed E-state index contributed by atoms with van der Waals surface area (Å²) in [6.07, 6.45) is 2.46. The Kier molecular flexibility index (Phi) is 4.57. The molecule has 1 unspecified atom stereocenters. The molecule has 2 N–H and O–H groups in total. The van der Waals surface area contributed by atoms with Gasteiger partial charge in [0.05, 0.1) is 10.3 Å². The van der Waals surface area contributed by atoms with Crippen LogP contribution in [0, 0.1) is 22.5 Å². The minimum Gasteiger partial charge on any atom is -0.320 e. The maximum absolute atomic E-state index is 12.6. The largest absolute Gasteiger partial charge is 0.320 e. The highest BCUT2D eigenvalue weighted by Crippen LogP contribution is 2.33. The number of benzene rings is 1. The summed E-state index contributed by atoms with van der Waals surface area (Å²) < 4.78 is 0. The molecule has 1 atom stereocenters. The topological polar surface area (TPSA) is 84.3 Å². The summed E-state index contributed by atoms with van der Waals surface area (Å²) in [7, 11) is 0. The summed E-state index contributed by atoms with van der Waals surface area (Å²) in [5, 5.41) is 17.1. The Morgan fingerprint density at radius 2 is 2.29 bits per heavy atom. The van der Waals surface area contributed by atoms with Gasteiger partial charge in [0, 0.05) is 12.6 Å². The number of nitrogens with zero attached hydrogens (tertiary/aromatic N) is 1. The lowest BCUT2D eigenvalue weighted by atomic mass is 9.77. The molecule has 1 amide bonds. The molecule has 1 saturated heterocycles. The third-order valence-electron chi connectivity index (χ3n) is 4.23. The molecule has 114 valence electrons. The zero-order valence-corrected chi connectivity index (χ0v) is 12.4. The molecule has 1 heterocycles. The number of carbonyl (C=O) groups is 1. The van der Waals surface area contributed by atoms with Crippen LogP contribution >= 0.6 is 0 Å². The molecule has 21 heavy (non-hydrogen) atoms.